The van der Waals surface area contributed by atoms with Gasteiger partial charge in [-0.15, -0.1) is 0 Å². The second-order valence-electron chi connectivity index (χ2n) is 7.44. The number of aryl methyl sites for hydroxylation is 1. The van der Waals surface area contributed by atoms with E-state index in [1.807, 2.05) is 19.1 Å². The third-order valence-corrected chi connectivity index (χ3v) is 6.72. The van der Waals surface area contributed by atoms with Crippen molar-refractivity contribution in [2.24, 2.45) is 0 Å². The average Bonchev–Trinajstić information content (AvgIpc) is 2.79. The lowest BCUT2D eigenvalue weighted by Gasteiger charge is -2.21. The van der Waals surface area contributed by atoms with Crippen molar-refractivity contribution >= 4 is 26.5 Å². The molecule has 0 aromatic heterocycles. The quantitative estimate of drug-likeness (QED) is 0.324. The van der Waals surface area contributed by atoms with E-state index < -0.39 is 21.0 Å². The van der Waals surface area contributed by atoms with Crippen molar-refractivity contribution in [2.45, 2.75) is 17.9 Å². The summed E-state index contributed by atoms with van der Waals surface area (Å²) in [6, 6.07) is 21.7. The van der Waals surface area contributed by atoms with Gasteiger partial charge in [-0.3, -0.25) is 10.1 Å². The molecule has 1 atom stereocenters. The van der Waals surface area contributed by atoms with Crippen LogP contribution >= 0.6 is 0 Å². The molecule has 162 valence electrons. The Hall–Kier alpha value is -3.75. The maximum atomic E-state index is 13.1. The molecule has 2 N–H and O–H groups in total. The van der Waals surface area contributed by atoms with E-state index in [4.69, 9.17) is 0 Å². The Morgan fingerprint density at radius 1 is 0.906 bits per heavy atom. The predicted molar refractivity (Wildman–Crippen MR) is 122 cm³/mol. The van der Waals surface area contributed by atoms with Gasteiger partial charge in [-0.25, -0.2) is 8.42 Å². The van der Waals surface area contributed by atoms with E-state index in [0.29, 0.717) is 16.5 Å². The fourth-order valence-corrected chi connectivity index (χ4v) is 4.75. The van der Waals surface area contributed by atoms with Crippen LogP contribution in [0.25, 0.3) is 10.8 Å². The number of benzene rings is 4. The highest BCUT2D eigenvalue weighted by Crippen LogP contribution is 2.36. The molecule has 4 rings (SSSR count). The number of nitro benzene ring substituents is 1. The van der Waals surface area contributed by atoms with Crippen LogP contribution in [-0.2, 0) is 10.0 Å². The summed E-state index contributed by atoms with van der Waals surface area (Å²) < 4.78 is 29.0. The number of hydrogen-bond donors (Lipinski definition) is 2. The number of nitrogens with zero attached hydrogens (tertiary/aromatic N) is 1. The molecular formula is C24H20N2O5S. The van der Waals surface area contributed by atoms with Gasteiger partial charge in [0.15, 0.2) is 0 Å². The Morgan fingerprint density at radius 2 is 1.56 bits per heavy atom. The number of nitrogens with one attached hydrogen (secondary N) is 1. The summed E-state index contributed by atoms with van der Waals surface area (Å²) in [6.45, 7) is 1.86. The van der Waals surface area contributed by atoms with Gasteiger partial charge >= 0.3 is 0 Å². The van der Waals surface area contributed by atoms with Crippen molar-refractivity contribution in [3.8, 4) is 5.75 Å². The molecule has 0 saturated carbocycles. The van der Waals surface area contributed by atoms with Crippen molar-refractivity contribution in [2.75, 3.05) is 0 Å². The molecular weight excluding hydrogens is 428 g/mol. The molecule has 0 saturated heterocycles. The molecule has 0 aliphatic heterocycles. The lowest BCUT2D eigenvalue weighted by Crippen LogP contribution is -2.29. The van der Waals surface area contributed by atoms with Crippen LogP contribution in [0.4, 0.5) is 5.69 Å². The summed E-state index contributed by atoms with van der Waals surface area (Å²) in [5, 5.41) is 23.4. The maximum Gasteiger partial charge on any atom is 0.269 e. The highest BCUT2D eigenvalue weighted by molar-refractivity contribution is 7.89. The van der Waals surface area contributed by atoms with Crippen molar-refractivity contribution in [3.63, 3.8) is 0 Å². The summed E-state index contributed by atoms with van der Waals surface area (Å²) in [6.07, 6.45) is 0. The molecule has 0 amide bonds. The van der Waals surface area contributed by atoms with Gasteiger partial charge in [0.25, 0.3) is 5.69 Å². The normalized spacial score (nSPS) is 12.5. The Bertz CT molecular complexity index is 1400. The van der Waals surface area contributed by atoms with Gasteiger partial charge in [0.1, 0.15) is 5.75 Å². The number of phenols is 1. The molecule has 0 aliphatic carbocycles. The molecule has 4 aromatic rings. The second kappa shape index (κ2) is 8.41. The Kier molecular flexibility index (Phi) is 5.65. The van der Waals surface area contributed by atoms with Gasteiger partial charge in [0.2, 0.25) is 10.0 Å². The summed E-state index contributed by atoms with van der Waals surface area (Å²) >= 11 is 0. The smallest absolute Gasteiger partial charge is 0.269 e. The topological polar surface area (TPSA) is 110 Å². The summed E-state index contributed by atoms with van der Waals surface area (Å²) in [5.74, 6) is -0.0574. The number of rotatable bonds is 6. The molecule has 0 radical (unpaired) electrons. The van der Waals surface area contributed by atoms with E-state index in [1.165, 1.54) is 36.4 Å². The molecule has 4 aromatic carbocycles. The largest absolute Gasteiger partial charge is 0.507 e. The van der Waals surface area contributed by atoms with Crippen molar-refractivity contribution in [3.05, 3.63) is 112 Å². The van der Waals surface area contributed by atoms with E-state index in [9.17, 15) is 23.6 Å². The minimum Gasteiger partial charge on any atom is -0.507 e. The average molecular weight is 449 g/mol. The first-order chi connectivity index (χ1) is 15.3. The highest BCUT2D eigenvalue weighted by atomic mass is 32.2. The number of hydrogen-bond acceptors (Lipinski definition) is 5. The second-order valence-corrected chi connectivity index (χ2v) is 9.15. The summed E-state index contributed by atoms with van der Waals surface area (Å²) in [7, 11) is -3.96. The van der Waals surface area contributed by atoms with Gasteiger partial charge in [-0.1, -0.05) is 66.2 Å². The lowest BCUT2D eigenvalue weighted by atomic mass is 9.95. The zero-order valence-electron chi connectivity index (χ0n) is 17.1. The number of sulfonamides is 1. The number of nitro groups is 1. The number of aromatic hydroxyl groups is 1. The van der Waals surface area contributed by atoms with Crippen molar-refractivity contribution in [1.82, 2.24) is 4.72 Å². The Balaban J connectivity index is 1.84. The van der Waals surface area contributed by atoms with Crippen LogP contribution in [0.2, 0.25) is 0 Å². The predicted octanol–water partition coefficient (Wildman–Crippen LogP) is 4.83. The van der Waals surface area contributed by atoms with E-state index in [0.717, 1.165) is 10.9 Å². The van der Waals surface area contributed by atoms with Crippen LogP contribution in [-0.4, -0.2) is 18.4 Å². The maximum absolute atomic E-state index is 13.1. The first kappa shape index (κ1) is 21.5. The molecule has 0 bridgehead atoms. The van der Waals surface area contributed by atoms with Gasteiger partial charge in [-0.05, 0) is 30.0 Å². The first-order valence-corrected chi connectivity index (χ1v) is 11.3. The van der Waals surface area contributed by atoms with E-state index in [-0.39, 0.29) is 16.3 Å². The van der Waals surface area contributed by atoms with Crippen molar-refractivity contribution in [1.29, 1.82) is 0 Å². The van der Waals surface area contributed by atoms with Crippen molar-refractivity contribution < 1.29 is 18.4 Å². The van der Waals surface area contributed by atoms with Crippen LogP contribution in [0.15, 0.2) is 89.8 Å². The van der Waals surface area contributed by atoms with Crippen LogP contribution < -0.4 is 4.72 Å². The molecule has 7 nitrogen and oxygen atoms in total. The molecule has 0 unspecified atom stereocenters. The summed E-state index contributed by atoms with van der Waals surface area (Å²) in [5.41, 5.74) is 1.60. The van der Waals surface area contributed by atoms with E-state index in [1.54, 1.807) is 36.4 Å². The molecule has 0 spiro atoms. The number of fused-ring (bicyclic) bond motifs is 1. The van der Waals surface area contributed by atoms with Crippen LogP contribution in [0.1, 0.15) is 22.7 Å². The fraction of sp³-hybridized carbons (Fsp3) is 0.0833. The fourth-order valence-electron chi connectivity index (χ4n) is 3.55. The summed E-state index contributed by atoms with van der Waals surface area (Å²) in [4.78, 5) is 10.6. The first-order valence-electron chi connectivity index (χ1n) is 9.80. The minimum absolute atomic E-state index is 0.0574. The SMILES string of the molecule is Cc1ccc(S(=O)(=O)N[C@H](c2ccc([N+](=O)[O-])cc2)c2ccc3ccccc3c2O)cc1. The Labute approximate surface area is 185 Å². The third-order valence-electron chi connectivity index (χ3n) is 5.28. The lowest BCUT2D eigenvalue weighted by molar-refractivity contribution is -0.384. The number of non-ortho nitro benzene ring substituents is 1. The van der Waals surface area contributed by atoms with Gasteiger partial charge in [-0.2, -0.15) is 4.72 Å². The monoisotopic (exact) mass is 448 g/mol. The molecule has 32 heavy (non-hydrogen) atoms. The van der Waals surface area contributed by atoms with Crippen LogP contribution in [0.5, 0.6) is 5.75 Å². The van der Waals surface area contributed by atoms with Gasteiger partial charge in [0, 0.05) is 23.1 Å². The van der Waals surface area contributed by atoms with Gasteiger partial charge in [0.05, 0.1) is 15.9 Å². The number of phenolic OH excluding ortho intramolecular Hbond substituents is 1. The zero-order valence-corrected chi connectivity index (χ0v) is 17.9. The molecule has 0 aliphatic rings. The van der Waals surface area contributed by atoms with Gasteiger partial charge < -0.3 is 5.11 Å². The molecule has 0 heterocycles. The van der Waals surface area contributed by atoms with E-state index in [2.05, 4.69) is 4.72 Å². The molecule has 0 fully saturated rings. The third kappa shape index (κ3) is 4.18. The zero-order chi connectivity index (χ0) is 22.9. The van der Waals surface area contributed by atoms with Crippen LogP contribution in [0.3, 0.4) is 0 Å². The minimum atomic E-state index is -3.96. The van der Waals surface area contributed by atoms with E-state index >= 15 is 0 Å². The Morgan fingerprint density at radius 3 is 2.22 bits per heavy atom. The standard InChI is InChI=1S/C24H20N2O5S/c1-16-6-13-20(14-7-16)32(30,31)25-23(18-8-11-19(12-9-18)26(28)29)22-15-10-17-4-2-3-5-21(17)24(22)27/h2-15,23,25,27H,1H3/t23-/m1/s1. The highest BCUT2D eigenvalue weighted by Gasteiger charge is 2.26. The molecule has 8 heteroatoms. The van der Waals surface area contributed by atoms with Crippen LogP contribution in [0, 0.1) is 17.0 Å².